The van der Waals surface area contributed by atoms with Gasteiger partial charge in [-0.1, -0.05) is 0 Å². The van der Waals surface area contributed by atoms with Gasteiger partial charge in [-0.3, -0.25) is 9.89 Å². The van der Waals surface area contributed by atoms with Crippen LogP contribution in [0.5, 0.6) is 0 Å². The van der Waals surface area contributed by atoms with Crippen LogP contribution >= 0.6 is 0 Å². The van der Waals surface area contributed by atoms with E-state index in [1.165, 1.54) is 6.33 Å². The second kappa shape index (κ2) is 4.39. The third-order valence-electron chi connectivity index (χ3n) is 2.59. The molecule has 82 valence electrons. The van der Waals surface area contributed by atoms with E-state index in [9.17, 15) is 4.79 Å². The molecule has 1 aliphatic heterocycles. The molecule has 1 unspecified atom stereocenters. The molecular weight excluding hydrogens is 194 g/mol. The monoisotopic (exact) mass is 209 g/mol. The summed E-state index contributed by atoms with van der Waals surface area (Å²) in [6, 6.07) is -0.0158. The number of amides is 1. The molecule has 1 aromatic heterocycles. The van der Waals surface area contributed by atoms with E-state index in [2.05, 4.69) is 20.5 Å². The van der Waals surface area contributed by atoms with Crippen molar-refractivity contribution in [1.82, 2.24) is 25.4 Å². The summed E-state index contributed by atoms with van der Waals surface area (Å²) in [6.07, 6.45) is 3.45. The standard InChI is InChI=1S/C9H15N5O/c1-14(5-8-11-6-12-13-8)9(15)7-3-2-4-10-7/h6-7,10H,2-5H2,1H3,(H,11,12,13). The third-order valence-corrected chi connectivity index (χ3v) is 2.59. The lowest BCUT2D eigenvalue weighted by molar-refractivity contribution is -0.132. The second-order valence-corrected chi connectivity index (χ2v) is 3.78. The summed E-state index contributed by atoms with van der Waals surface area (Å²) in [5.74, 6) is 0.841. The van der Waals surface area contributed by atoms with Gasteiger partial charge in [0.25, 0.3) is 0 Å². The third kappa shape index (κ3) is 2.33. The summed E-state index contributed by atoms with van der Waals surface area (Å²) in [4.78, 5) is 17.5. The lowest BCUT2D eigenvalue weighted by Crippen LogP contribution is -2.41. The molecule has 0 aromatic carbocycles. The lowest BCUT2D eigenvalue weighted by Gasteiger charge is -2.19. The minimum Gasteiger partial charge on any atom is -0.337 e. The number of likely N-dealkylation sites (N-methyl/N-ethyl adjacent to an activating group) is 1. The van der Waals surface area contributed by atoms with E-state index in [1.807, 2.05) is 0 Å². The highest BCUT2D eigenvalue weighted by Gasteiger charge is 2.25. The van der Waals surface area contributed by atoms with E-state index in [0.29, 0.717) is 12.4 Å². The smallest absolute Gasteiger partial charge is 0.239 e. The van der Waals surface area contributed by atoms with Crippen LogP contribution in [0.2, 0.25) is 0 Å². The van der Waals surface area contributed by atoms with Crippen molar-refractivity contribution in [2.24, 2.45) is 0 Å². The summed E-state index contributed by atoms with van der Waals surface area (Å²) < 4.78 is 0. The molecule has 2 rings (SSSR count). The number of nitrogens with one attached hydrogen (secondary N) is 2. The van der Waals surface area contributed by atoms with Crippen LogP contribution < -0.4 is 5.32 Å². The molecule has 1 saturated heterocycles. The summed E-state index contributed by atoms with van der Waals surface area (Å²) in [5.41, 5.74) is 0. The first-order valence-corrected chi connectivity index (χ1v) is 5.10. The molecule has 6 heteroatoms. The Morgan fingerprint density at radius 3 is 3.20 bits per heavy atom. The maximum Gasteiger partial charge on any atom is 0.239 e. The Morgan fingerprint density at radius 2 is 2.60 bits per heavy atom. The van der Waals surface area contributed by atoms with Gasteiger partial charge in [-0.05, 0) is 19.4 Å². The molecule has 1 atom stereocenters. The van der Waals surface area contributed by atoms with Crippen LogP contribution in [0.4, 0.5) is 0 Å². The SMILES string of the molecule is CN(Cc1ncn[nH]1)C(=O)C1CCCN1. The normalized spacial score (nSPS) is 20.5. The number of nitrogens with zero attached hydrogens (tertiary/aromatic N) is 3. The Balaban J connectivity index is 1.89. The number of carbonyl (C=O) groups excluding carboxylic acids is 1. The molecule has 1 amide bonds. The average molecular weight is 209 g/mol. The topological polar surface area (TPSA) is 73.9 Å². The average Bonchev–Trinajstić information content (AvgIpc) is 2.88. The number of carbonyl (C=O) groups is 1. The molecular formula is C9H15N5O. The molecule has 6 nitrogen and oxygen atoms in total. The van der Waals surface area contributed by atoms with Gasteiger partial charge in [-0.2, -0.15) is 5.10 Å². The zero-order valence-corrected chi connectivity index (χ0v) is 8.73. The van der Waals surface area contributed by atoms with Gasteiger partial charge in [0, 0.05) is 7.05 Å². The van der Waals surface area contributed by atoms with Gasteiger partial charge in [0.15, 0.2) is 0 Å². The number of H-pyrrole nitrogens is 1. The van der Waals surface area contributed by atoms with Crippen molar-refractivity contribution in [2.75, 3.05) is 13.6 Å². The zero-order valence-electron chi connectivity index (χ0n) is 8.73. The second-order valence-electron chi connectivity index (χ2n) is 3.78. The fraction of sp³-hybridized carbons (Fsp3) is 0.667. The number of hydrogen-bond acceptors (Lipinski definition) is 4. The first-order chi connectivity index (χ1) is 7.27. The quantitative estimate of drug-likeness (QED) is 0.705. The highest BCUT2D eigenvalue weighted by Crippen LogP contribution is 2.08. The lowest BCUT2D eigenvalue weighted by atomic mass is 10.2. The first kappa shape index (κ1) is 10.1. The largest absolute Gasteiger partial charge is 0.337 e. The Bertz CT molecular complexity index is 317. The Morgan fingerprint density at radius 1 is 1.73 bits per heavy atom. The van der Waals surface area contributed by atoms with Crippen LogP contribution in [-0.2, 0) is 11.3 Å². The molecule has 0 radical (unpaired) electrons. The minimum absolute atomic E-state index is 0.0158. The zero-order chi connectivity index (χ0) is 10.7. The van der Waals surface area contributed by atoms with Crippen molar-refractivity contribution in [1.29, 1.82) is 0 Å². The summed E-state index contributed by atoms with van der Waals surface area (Å²) >= 11 is 0. The van der Waals surface area contributed by atoms with Gasteiger partial charge in [-0.25, -0.2) is 4.98 Å². The summed E-state index contributed by atoms with van der Waals surface area (Å²) in [5, 5.41) is 9.66. The minimum atomic E-state index is -0.0158. The first-order valence-electron chi connectivity index (χ1n) is 5.10. The Hall–Kier alpha value is -1.43. The Kier molecular flexibility index (Phi) is 2.96. The highest BCUT2D eigenvalue weighted by atomic mass is 16.2. The van der Waals surface area contributed by atoms with Crippen molar-refractivity contribution >= 4 is 5.91 Å². The number of rotatable bonds is 3. The van der Waals surface area contributed by atoms with Crippen LogP contribution in [0.3, 0.4) is 0 Å². The van der Waals surface area contributed by atoms with E-state index in [-0.39, 0.29) is 11.9 Å². The van der Waals surface area contributed by atoms with Crippen molar-refractivity contribution in [3.05, 3.63) is 12.2 Å². The van der Waals surface area contributed by atoms with Gasteiger partial charge < -0.3 is 10.2 Å². The molecule has 0 bridgehead atoms. The molecule has 2 N–H and O–H groups in total. The maximum atomic E-state index is 11.9. The van der Waals surface area contributed by atoms with E-state index < -0.39 is 0 Å². The molecule has 15 heavy (non-hydrogen) atoms. The van der Waals surface area contributed by atoms with Gasteiger partial charge in [-0.15, -0.1) is 0 Å². The van der Waals surface area contributed by atoms with Gasteiger partial charge >= 0.3 is 0 Å². The maximum absolute atomic E-state index is 11.9. The van der Waals surface area contributed by atoms with Crippen LogP contribution in [-0.4, -0.2) is 45.6 Å². The van der Waals surface area contributed by atoms with Crippen molar-refractivity contribution in [3.63, 3.8) is 0 Å². The highest BCUT2D eigenvalue weighted by molar-refractivity contribution is 5.81. The summed E-state index contributed by atoms with van der Waals surface area (Å²) in [6.45, 7) is 1.42. The fourth-order valence-electron chi connectivity index (χ4n) is 1.77. The van der Waals surface area contributed by atoms with Crippen LogP contribution in [0.15, 0.2) is 6.33 Å². The van der Waals surface area contributed by atoms with Gasteiger partial charge in [0.05, 0.1) is 12.6 Å². The number of aromatic amines is 1. The van der Waals surface area contributed by atoms with E-state index in [1.54, 1.807) is 11.9 Å². The number of aromatic nitrogens is 3. The molecule has 0 aliphatic carbocycles. The van der Waals surface area contributed by atoms with Crippen molar-refractivity contribution in [3.8, 4) is 0 Å². The van der Waals surface area contributed by atoms with Crippen LogP contribution in [0, 0.1) is 0 Å². The van der Waals surface area contributed by atoms with Crippen molar-refractivity contribution < 1.29 is 4.79 Å². The number of hydrogen-bond donors (Lipinski definition) is 2. The molecule has 0 spiro atoms. The van der Waals surface area contributed by atoms with Crippen LogP contribution in [0.1, 0.15) is 18.7 Å². The van der Waals surface area contributed by atoms with E-state index in [4.69, 9.17) is 0 Å². The van der Waals surface area contributed by atoms with Gasteiger partial charge in [0.1, 0.15) is 12.2 Å². The van der Waals surface area contributed by atoms with Gasteiger partial charge in [0.2, 0.25) is 5.91 Å². The fourth-order valence-corrected chi connectivity index (χ4v) is 1.77. The van der Waals surface area contributed by atoms with E-state index in [0.717, 1.165) is 19.4 Å². The predicted molar refractivity (Wildman–Crippen MR) is 53.9 cm³/mol. The van der Waals surface area contributed by atoms with Crippen molar-refractivity contribution in [2.45, 2.75) is 25.4 Å². The molecule has 0 saturated carbocycles. The molecule has 2 heterocycles. The Labute approximate surface area is 88.1 Å². The summed E-state index contributed by atoms with van der Waals surface area (Å²) in [7, 11) is 1.78. The van der Waals surface area contributed by atoms with E-state index >= 15 is 0 Å². The molecule has 1 aliphatic rings. The molecule has 1 fully saturated rings. The predicted octanol–water partition coefficient (Wildman–Crippen LogP) is -0.485. The van der Waals surface area contributed by atoms with Crippen LogP contribution in [0.25, 0.3) is 0 Å². The molecule has 1 aromatic rings.